The molecule has 0 aliphatic rings. The Labute approximate surface area is 126 Å². The summed E-state index contributed by atoms with van der Waals surface area (Å²) in [5, 5.41) is 9.14. The van der Waals surface area contributed by atoms with E-state index in [9.17, 15) is 4.79 Å². The van der Waals surface area contributed by atoms with Crippen molar-refractivity contribution in [2.45, 2.75) is 26.2 Å². The predicted molar refractivity (Wildman–Crippen MR) is 80.0 cm³/mol. The molecule has 2 aromatic rings. The van der Waals surface area contributed by atoms with E-state index in [1.807, 2.05) is 38.1 Å². The quantitative estimate of drug-likeness (QED) is 0.926. The molecule has 0 atom stereocenters. The van der Waals surface area contributed by atoms with Gasteiger partial charge in [0.25, 0.3) is 0 Å². The Hall–Kier alpha value is -1.75. The van der Waals surface area contributed by atoms with Gasteiger partial charge in [0.05, 0.1) is 11.3 Å². The molecule has 4 nitrogen and oxygen atoms in total. The molecule has 0 aliphatic heterocycles. The van der Waals surface area contributed by atoms with Crippen molar-refractivity contribution in [3.05, 3.63) is 57.6 Å². The van der Waals surface area contributed by atoms with Crippen molar-refractivity contribution in [2.24, 2.45) is 0 Å². The zero-order chi connectivity index (χ0) is 14.7. The van der Waals surface area contributed by atoms with Crippen LogP contribution in [0.25, 0.3) is 0 Å². The van der Waals surface area contributed by atoms with Gasteiger partial charge in [0.15, 0.2) is 0 Å². The van der Waals surface area contributed by atoms with Gasteiger partial charge in [-0.25, -0.2) is 14.8 Å². The van der Waals surface area contributed by atoms with E-state index in [1.165, 1.54) is 6.20 Å². The second-order valence-electron chi connectivity index (χ2n) is 4.85. The van der Waals surface area contributed by atoms with Crippen LogP contribution in [0.2, 0.25) is 0 Å². The van der Waals surface area contributed by atoms with Crippen molar-refractivity contribution in [2.75, 3.05) is 0 Å². The third-order valence-corrected chi connectivity index (χ3v) is 3.45. The molecule has 5 heteroatoms. The van der Waals surface area contributed by atoms with E-state index in [0.717, 1.165) is 10.0 Å². The summed E-state index contributed by atoms with van der Waals surface area (Å²) in [6.07, 6.45) is 1.99. The second-order valence-corrected chi connectivity index (χ2v) is 5.76. The number of rotatable bonds is 4. The number of carboxylic acids is 1. The highest BCUT2D eigenvalue weighted by Gasteiger charge is 2.16. The van der Waals surface area contributed by atoms with Crippen molar-refractivity contribution in [1.29, 1.82) is 0 Å². The number of benzene rings is 1. The largest absolute Gasteiger partial charge is 0.478 e. The number of aromatic carboxylic acids is 1. The fourth-order valence-electron chi connectivity index (χ4n) is 1.91. The Morgan fingerprint density at radius 1 is 1.30 bits per heavy atom. The molecule has 2 rings (SSSR count). The predicted octanol–water partition coefficient (Wildman–Crippen LogP) is 3.65. The molecule has 0 saturated carbocycles. The highest BCUT2D eigenvalue weighted by molar-refractivity contribution is 9.10. The number of hydrogen-bond donors (Lipinski definition) is 1. The van der Waals surface area contributed by atoms with Crippen LogP contribution in [0.4, 0.5) is 0 Å². The molecule has 0 bridgehead atoms. The first-order valence-electron chi connectivity index (χ1n) is 6.31. The molecule has 104 valence electrons. The summed E-state index contributed by atoms with van der Waals surface area (Å²) in [4.78, 5) is 19.7. The van der Waals surface area contributed by atoms with E-state index >= 15 is 0 Å². The van der Waals surface area contributed by atoms with Gasteiger partial charge in [-0.05, 0) is 23.6 Å². The maximum Gasteiger partial charge on any atom is 0.339 e. The molecule has 0 aliphatic carbocycles. The standard InChI is InChI=1S/C15H15BrN2O2/c1-9(2)14-12(15(19)20)8-17-13(18-14)7-10-3-5-11(16)6-4-10/h3-6,8-9H,7H2,1-2H3,(H,19,20). The summed E-state index contributed by atoms with van der Waals surface area (Å²) in [5.41, 5.74) is 1.85. The summed E-state index contributed by atoms with van der Waals surface area (Å²) in [5.74, 6) is -0.294. The van der Waals surface area contributed by atoms with Crippen LogP contribution in [0.1, 0.15) is 47.2 Å². The molecule has 0 radical (unpaired) electrons. The third kappa shape index (κ3) is 3.42. The molecule has 0 saturated heterocycles. The van der Waals surface area contributed by atoms with Gasteiger partial charge in [-0.15, -0.1) is 0 Å². The molecular formula is C15H15BrN2O2. The van der Waals surface area contributed by atoms with Gasteiger partial charge in [-0.3, -0.25) is 0 Å². The fraction of sp³-hybridized carbons (Fsp3) is 0.267. The number of aromatic nitrogens is 2. The summed E-state index contributed by atoms with van der Waals surface area (Å²) >= 11 is 3.39. The highest BCUT2D eigenvalue weighted by atomic mass is 79.9. The molecule has 1 aromatic heterocycles. The average molecular weight is 335 g/mol. The molecule has 0 unspecified atom stereocenters. The first kappa shape index (κ1) is 14.7. The van der Waals surface area contributed by atoms with Crippen molar-refractivity contribution in [1.82, 2.24) is 9.97 Å². The lowest BCUT2D eigenvalue weighted by molar-refractivity contribution is 0.0694. The van der Waals surface area contributed by atoms with Crippen LogP contribution in [0.5, 0.6) is 0 Å². The van der Waals surface area contributed by atoms with E-state index in [4.69, 9.17) is 5.11 Å². The number of carbonyl (C=O) groups is 1. The van der Waals surface area contributed by atoms with Crippen LogP contribution >= 0.6 is 15.9 Å². The number of hydrogen-bond acceptors (Lipinski definition) is 3. The Balaban J connectivity index is 2.31. The monoisotopic (exact) mass is 334 g/mol. The molecule has 0 fully saturated rings. The van der Waals surface area contributed by atoms with Gasteiger partial charge in [0.2, 0.25) is 0 Å². The molecule has 20 heavy (non-hydrogen) atoms. The van der Waals surface area contributed by atoms with Crippen LogP contribution in [0.15, 0.2) is 34.9 Å². The van der Waals surface area contributed by atoms with Gasteiger partial charge in [-0.2, -0.15) is 0 Å². The normalized spacial score (nSPS) is 10.8. The highest BCUT2D eigenvalue weighted by Crippen LogP contribution is 2.18. The van der Waals surface area contributed by atoms with Crippen LogP contribution in [-0.4, -0.2) is 21.0 Å². The maximum atomic E-state index is 11.1. The molecule has 1 N–H and O–H groups in total. The Morgan fingerprint density at radius 2 is 1.95 bits per heavy atom. The van der Waals surface area contributed by atoms with Crippen LogP contribution in [0, 0.1) is 0 Å². The lowest BCUT2D eigenvalue weighted by Crippen LogP contribution is -2.10. The summed E-state index contributed by atoms with van der Waals surface area (Å²) in [6, 6.07) is 7.91. The maximum absolute atomic E-state index is 11.1. The first-order valence-corrected chi connectivity index (χ1v) is 7.10. The van der Waals surface area contributed by atoms with E-state index in [2.05, 4.69) is 25.9 Å². The van der Waals surface area contributed by atoms with Crippen molar-refractivity contribution < 1.29 is 9.90 Å². The van der Waals surface area contributed by atoms with E-state index in [-0.39, 0.29) is 11.5 Å². The zero-order valence-electron chi connectivity index (χ0n) is 11.3. The Bertz CT molecular complexity index is 624. The van der Waals surface area contributed by atoms with Gasteiger partial charge < -0.3 is 5.11 Å². The summed E-state index contributed by atoms with van der Waals surface area (Å²) in [6.45, 7) is 3.86. The van der Waals surface area contributed by atoms with Crippen LogP contribution in [-0.2, 0) is 6.42 Å². The third-order valence-electron chi connectivity index (χ3n) is 2.92. The fourth-order valence-corrected chi connectivity index (χ4v) is 2.17. The molecule has 0 amide bonds. The van der Waals surface area contributed by atoms with Crippen molar-refractivity contribution >= 4 is 21.9 Å². The smallest absolute Gasteiger partial charge is 0.339 e. The lowest BCUT2D eigenvalue weighted by Gasteiger charge is -2.10. The number of halogens is 1. The minimum Gasteiger partial charge on any atom is -0.478 e. The summed E-state index contributed by atoms with van der Waals surface area (Å²) < 4.78 is 1.02. The summed E-state index contributed by atoms with van der Waals surface area (Å²) in [7, 11) is 0. The minimum absolute atomic E-state index is 0.0489. The van der Waals surface area contributed by atoms with Gasteiger partial charge in [0.1, 0.15) is 5.82 Å². The Morgan fingerprint density at radius 3 is 2.50 bits per heavy atom. The number of carboxylic acid groups (broad SMARTS) is 1. The van der Waals surface area contributed by atoms with Gasteiger partial charge in [0, 0.05) is 17.1 Å². The molecule has 1 aromatic carbocycles. The van der Waals surface area contributed by atoms with Crippen molar-refractivity contribution in [3.63, 3.8) is 0 Å². The second kappa shape index (κ2) is 6.13. The molecule has 0 spiro atoms. The van der Waals surface area contributed by atoms with Crippen LogP contribution in [0.3, 0.4) is 0 Å². The minimum atomic E-state index is -0.983. The van der Waals surface area contributed by atoms with Crippen molar-refractivity contribution in [3.8, 4) is 0 Å². The van der Waals surface area contributed by atoms with E-state index in [1.54, 1.807) is 0 Å². The number of nitrogens with zero attached hydrogens (tertiary/aromatic N) is 2. The van der Waals surface area contributed by atoms with Crippen LogP contribution < -0.4 is 0 Å². The van der Waals surface area contributed by atoms with Gasteiger partial charge in [-0.1, -0.05) is 41.9 Å². The first-order chi connectivity index (χ1) is 9.47. The van der Waals surface area contributed by atoms with E-state index in [0.29, 0.717) is 17.9 Å². The average Bonchev–Trinajstić information content (AvgIpc) is 2.41. The topological polar surface area (TPSA) is 63.1 Å². The lowest BCUT2D eigenvalue weighted by atomic mass is 10.0. The van der Waals surface area contributed by atoms with Gasteiger partial charge >= 0.3 is 5.97 Å². The zero-order valence-corrected chi connectivity index (χ0v) is 12.9. The Kier molecular flexibility index (Phi) is 4.49. The molecular weight excluding hydrogens is 320 g/mol. The SMILES string of the molecule is CC(C)c1nc(Cc2ccc(Br)cc2)ncc1C(=O)O. The van der Waals surface area contributed by atoms with E-state index < -0.39 is 5.97 Å². The molecule has 1 heterocycles.